The molecule has 4 rings (SSSR count). The highest BCUT2D eigenvalue weighted by atomic mass is 32.1. The third-order valence-electron chi connectivity index (χ3n) is 5.07. The van der Waals surface area contributed by atoms with Gasteiger partial charge in [0.1, 0.15) is 17.1 Å². The van der Waals surface area contributed by atoms with Crippen molar-refractivity contribution in [2.24, 2.45) is 0 Å². The Kier molecular flexibility index (Phi) is 5.85. The summed E-state index contributed by atoms with van der Waals surface area (Å²) in [5, 5.41) is 2.63. The Morgan fingerprint density at radius 1 is 1.10 bits per heavy atom. The van der Waals surface area contributed by atoms with E-state index in [0.717, 1.165) is 31.8 Å². The number of nitrogens with zero attached hydrogens (tertiary/aromatic N) is 2. The van der Waals surface area contributed by atoms with Crippen LogP contribution in [0, 0.1) is 0 Å². The molecule has 30 heavy (non-hydrogen) atoms. The number of ether oxygens (including phenoxy) is 1. The first-order chi connectivity index (χ1) is 14.6. The second-order valence-corrected chi connectivity index (χ2v) is 7.50. The Morgan fingerprint density at radius 2 is 1.83 bits per heavy atom. The highest BCUT2D eigenvalue weighted by Crippen LogP contribution is 2.27. The fourth-order valence-corrected chi connectivity index (χ4v) is 3.88. The predicted octanol–water partition coefficient (Wildman–Crippen LogP) is 3.50. The molecule has 2 aliphatic rings. The minimum atomic E-state index is -0.539. The van der Waals surface area contributed by atoms with Crippen LogP contribution in [0.15, 0.2) is 46.4 Å². The first kappa shape index (κ1) is 20.2. The number of carbonyl (C=O) groups is 2. The van der Waals surface area contributed by atoms with Gasteiger partial charge in [0.05, 0.1) is 12.3 Å². The Balaban J connectivity index is 1.58. The van der Waals surface area contributed by atoms with Gasteiger partial charge in [-0.1, -0.05) is 0 Å². The molecule has 2 amide bonds. The number of hydrogen-bond acceptors (Lipinski definition) is 6. The third-order valence-corrected chi connectivity index (χ3v) is 5.36. The van der Waals surface area contributed by atoms with Crippen molar-refractivity contribution in [2.45, 2.75) is 26.2 Å². The van der Waals surface area contributed by atoms with E-state index in [-0.39, 0.29) is 10.7 Å². The molecule has 0 radical (unpaired) electrons. The van der Waals surface area contributed by atoms with Crippen molar-refractivity contribution in [1.29, 1.82) is 0 Å². The van der Waals surface area contributed by atoms with Gasteiger partial charge in [0.15, 0.2) is 11.0 Å². The van der Waals surface area contributed by atoms with Crippen LogP contribution in [-0.4, -0.2) is 36.6 Å². The molecule has 8 heteroatoms. The maximum atomic E-state index is 13.1. The minimum Gasteiger partial charge on any atom is -0.494 e. The van der Waals surface area contributed by atoms with Crippen LogP contribution < -0.4 is 19.9 Å². The van der Waals surface area contributed by atoms with E-state index in [1.54, 1.807) is 30.3 Å². The normalized spacial score (nSPS) is 18.7. The van der Waals surface area contributed by atoms with Gasteiger partial charge in [0.25, 0.3) is 11.8 Å². The predicted molar refractivity (Wildman–Crippen MR) is 119 cm³/mol. The van der Waals surface area contributed by atoms with Gasteiger partial charge >= 0.3 is 0 Å². The minimum absolute atomic E-state index is 0.0305. The van der Waals surface area contributed by atoms with Gasteiger partial charge in [-0.05, 0) is 74.8 Å². The molecule has 2 fully saturated rings. The number of thiocarbonyl (C=S) groups is 1. The quantitative estimate of drug-likeness (QED) is 0.449. The number of piperidine rings is 1. The molecule has 1 aromatic heterocycles. The Morgan fingerprint density at radius 3 is 2.53 bits per heavy atom. The molecule has 7 nitrogen and oxygen atoms in total. The Labute approximate surface area is 180 Å². The number of hydrogen-bond donors (Lipinski definition) is 1. The zero-order chi connectivity index (χ0) is 21.1. The average Bonchev–Trinajstić information content (AvgIpc) is 3.22. The summed E-state index contributed by atoms with van der Waals surface area (Å²) in [7, 11) is 0. The van der Waals surface area contributed by atoms with Crippen LogP contribution in [0.1, 0.15) is 31.9 Å². The summed E-state index contributed by atoms with van der Waals surface area (Å²) in [6.45, 7) is 4.34. The topological polar surface area (TPSA) is 75.0 Å². The molecule has 3 heterocycles. The average molecular weight is 426 g/mol. The van der Waals surface area contributed by atoms with Crippen LogP contribution in [-0.2, 0) is 9.59 Å². The fraction of sp³-hybridized carbons (Fsp3) is 0.318. The lowest BCUT2D eigenvalue weighted by Gasteiger charge is -2.28. The van der Waals surface area contributed by atoms with Crippen molar-refractivity contribution < 1.29 is 18.7 Å². The van der Waals surface area contributed by atoms with E-state index in [2.05, 4.69) is 10.2 Å². The van der Waals surface area contributed by atoms with Gasteiger partial charge in [-0.25, -0.2) is 0 Å². The van der Waals surface area contributed by atoms with Crippen molar-refractivity contribution in [1.82, 2.24) is 5.32 Å². The van der Waals surface area contributed by atoms with E-state index in [1.807, 2.05) is 13.0 Å². The SMILES string of the molecule is CCOc1ccc(N2C(=O)/C(=C\c3ccc(N4CCCCC4)o3)C(=O)NC2=S)cc1. The molecule has 2 aromatic rings. The summed E-state index contributed by atoms with van der Waals surface area (Å²) < 4.78 is 11.3. The maximum absolute atomic E-state index is 13.1. The number of anilines is 2. The number of carbonyl (C=O) groups excluding carboxylic acids is 2. The molecule has 1 aromatic carbocycles. The van der Waals surface area contributed by atoms with E-state index in [1.165, 1.54) is 17.4 Å². The van der Waals surface area contributed by atoms with Crippen LogP contribution in [0.25, 0.3) is 6.08 Å². The van der Waals surface area contributed by atoms with E-state index in [0.29, 0.717) is 23.8 Å². The molecule has 0 saturated carbocycles. The summed E-state index contributed by atoms with van der Waals surface area (Å²) in [6.07, 6.45) is 4.96. The van der Waals surface area contributed by atoms with Crippen LogP contribution in [0.3, 0.4) is 0 Å². The summed E-state index contributed by atoms with van der Waals surface area (Å²) in [4.78, 5) is 29.0. The Hall–Kier alpha value is -3.13. The number of benzene rings is 1. The number of rotatable bonds is 5. The largest absolute Gasteiger partial charge is 0.494 e. The zero-order valence-electron chi connectivity index (χ0n) is 16.7. The smallest absolute Gasteiger partial charge is 0.270 e. The summed E-state index contributed by atoms with van der Waals surface area (Å²) >= 11 is 5.24. The van der Waals surface area contributed by atoms with Crippen molar-refractivity contribution >= 4 is 46.8 Å². The van der Waals surface area contributed by atoms with Crippen molar-refractivity contribution in [3.05, 3.63) is 47.7 Å². The van der Waals surface area contributed by atoms with Crippen LogP contribution in [0.4, 0.5) is 11.6 Å². The molecule has 0 bridgehead atoms. The summed E-state index contributed by atoms with van der Waals surface area (Å²) in [5.74, 6) is 0.863. The monoisotopic (exact) mass is 425 g/mol. The second kappa shape index (κ2) is 8.71. The molecule has 2 saturated heterocycles. The molecule has 1 N–H and O–H groups in total. The molecule has 0 atom stereocenters. The zero-order valence-corrected chi connectivity index (χ0v) is 17.5. The van der Waals surface area contributed by atoms with Gasteiger partial charge in [0.2, 0.25) is 0 Å². The lowest BCUT2D eigenvalue weighted by Crippen LogP contribution is -2.54. The van der Waals surface area contributed by atoms with E-state index >= 15 is 0 Å². The lowest BCUT2D eigenvalue weighted by atomic mass is 10.1. The van der Waals surface area contributed by atoms with Gasteiger partial charge in [-0.3, -0.25) is 19.8 Å². The van der Waals surface area contributed by atoms with Crippen LogP contribution >= 0.6 is 12.2 Å². The summed E-state index contributed by atoms with van der Waals surface area (Å²) in [6, 6.07) is 10.6. The number of amides is 2. The molecule has 0 spiro atoms. The first-order valence-electron chi connectivity index (χ1n) is 10.1. The summed E-state index contributed by atoms with van der Waals surface area (Å²) in [5.41, 5.74) is 0.518. The number of nitrogens with one attached hydrogen (secondary N) is 1. The molecule has 156 valence electrons. The third kappa shape index (κ3) is 4.09. The maximum Gasteiger partial charge on any atom is 0.270 e. The number of furan rings is 1. The lowest BCUT2D eigenvalue weighted by molar-refractivity contribution is -0.122. The van der Waals surface area contributed by atoms with Crippen molar-refractivity contribution in [3.8, 4) is 5.75 Å². The molecular weight excluding hydrogens is 402 g/mol. The highest BCUT2D eigenvalue weighted by molar-refractivity contribution is 7.80. The van der Waals surface area contributed by atoms with Gasteiger partial charge in [0, 0.05) is 19.2 Å². The highest BCUT2D eigenvalue weighted by Gasteiger charge is 2.34. The standard InChI is InChI=1S/C22H23N3O4S/c1-2-28-16-8-6-15(7-9-16)25-21(27)18(20(26)23-22(25)30)14-17-10-11-19(29-17)24-12-4-3-5-13-24/h6-11,14H,2-5,12-13H2,1H3,(H,23,26,30)/b18-14-. The van der Waals surface area contributed by atoms with E-state index in [4.69, 9.17) is 21.4 Å². The van der Waals surface area contributed by atoms with E-state index in [9.17, 15) is 9.59 Å². The molecule has 0 aliphatic carbocycles. The van der Waals surface area contributed by atoms with Gasteiger partial charge in [-0.2, -0.15) is 0 Å². The van der Waals surface area contributed by atoms with Gasteiger partial charge in [-0.15, -0.1) is 0 Å². The van der Waals surface area contributed by atoms with E-state index < -0.39 is 11.8 Å². The first-order valence-corrected chi connectivity index (χ1v) is 10.5. The van der Waals surface area contributed by atoms with Crippen molar-refractivity contribution in [2.75, 3.05) is 29.5 Å². The molecule has 2 aliphatic heterocycles. The van der Waals surface area contributed by atoms with Crippen molar-refractivity contribution in [3.63, 3.8) is 0 Å². The fourth-order valence-electron chi connectivity index (χ4n) is 3.60. The van der Waals surface area contributed by atoms with Crippen LogP contribution in [0.5, 0.6) is 5.75 Å². The second-order valence-electron chi connectivity index (χ2n) is 7.11. The molecular formula is C22H23N3O4S. The molecule has 0 unspecified atom stereocenters. The van der Waals surface area contributed by atoms with Crippen LogP contribution in [0.2, 0.25) is 0 Å². The van der Waals surface area contributed by atoms with Gasteiger partial charge < -0.3 is 14.1 Å². The Bertz CT molecular complexity index is 990.